The fourth-order valence-electron chi connectivity index (χ4n) is 1.34. The van der Waals surface area contributed by atoms with Crippen molar-refractivity contribution in [2.24, 2.45) is 0 Å². The largest absolute Gasteiger partial charge is 0.505 e. The highest BCUT2D eigenvalue weighted by Gasteiger charge is 2.23. The number of hydrogen-bond donors (Lipinski definition) is 2. The molecule has 0 fully saturated rings. The van der Waals surface area contributed by atoms with Gasteiger partial charge in [-0.3, -0.25) is 4.79 Å². The lowest BCUT2D eigenvalue weighted by atomic mass is 10.1. The molecule has 16 heavy (non-hydrogen) atoms. The summed E-state index contributed by atoms with van der Waals surface area (Å²) in [6.45, 7) is 4.04. The van der Waals surface area contributed by atoms with E-state index in [4.69, 9.17) is 4.74 Å². The van der Waals surface area contributed by atoms with Gasteiger partial charge in [0.1, 0.15) is 5.75 Å². The molecule has 1 heterocycles. The number of aromatic hydroxyl groups is 1. The average Bonchev–Trinajstić information content (AvgIpc) is 2.17. The Morgan fingerprint density at radius 3 is 2.88 bits per heavy atom. The molecule has 0 aliphatic rings. The van der Waals surface area contributed by atoms with E-state index in [1.54, 1.807) is 13.2 Å². The van der Waals surface area contributed by atoms with Crippen LogP contribution in [0, 0.1) is 0 Å². The monoisotopic (exact) mass is 224 g/mol. The molecule has 0 saturated carbocycles. The molecule has 1 rings (SSSR count). The van der Waals surface area contributed by atoms with Crippen molar-refractivity contribution in [3.05, 3.63) is 24.0 Å². The summed E-state index contributed by atoms with van der Waals surface area (Å²) in [6, 6.07) is 2.98. The maximum absolute atomic E-state index is 11.8. The third kappa shape index (κ3) is 3.20. The van der Waals surface area contributed by atoms with Gasteiger partial charge in [0.05, 0.1) is 12.1 Å². The molecule has 0 bridgehead atoms. The summed E-state index contributed by atoms with van der Waals surface area (Å²) < 4.78 is 4.98. The number of carbonyl (C=O) groups excluding carboxylic acids is 1. The first-order chi connectivity index (χ1) is 7.46. The van der Waals surface area contributed by atoms with Crippen molar-refractivity contribution in [2.45, 2.75) is 19.4 Å². The van der Waals surface area contributed by atoms with E-state index in [-0.39, 0.29) is 11.4 Å². The third-order valence-corrected chi connectivity index (χ3v) is 1.96. The summed E-state index contributed by atoms with van der Waals surface area (Å²) in [7, 11) is 1.56. The normalized spacial score (nSPS) is 11.2. The average molecular weight is 224 g/mol. The zero-order chi connectivity index (χ0) is 12.2. The van der Waals surface area contributed by atoms with E-state index in [1.807, 2.05) is 13.8 Å². The van der Waals surface area contributed by atoms with Crippen LogP contribution in [0.25, 0.3) is 0 Å². The zero-order valence-corrected chi connectivity index (χ0v) is 9.65. The molecule has 0 saturated heterocycles. The third-order valence-electron chi connectivity index (χ3n) is 1.96. The topological polar surface area (TPSA) is 71.5 Å². The Labute approximate surface area is 94.5 Å². The number of rotatable bonds is 4. The van der Waals surface area contributed by atoms with Gasteiger partial charge in [0, 0.05) is 13.3 Å². The maximum atomic E-state index is 11.8. The van der Waals surface area contributed by atoms with Gasteiger partial charge in [-0.05, 0) is 26.0 Å². The van der Waals surface area contributed by atoms with Crippen molar-refractivity contribution in [1.82, 2.24) is 10.3 Å². The fourth-order valence-corrected chi connectivity index (χ4v) is 1.34. The van der Waals surface area contributed by atoms with Crippen molar-refractivity contribution in [1.29, 1.82) is 0 Å². The predicted molar refractivity (Wildman–Crippen MR) is 59.3 cm³/mol. The molecule has 0 aliphatic heterocycles. The van der Waals surface area contributed by atoms with Gasteiger partial charge in [-0.15, -0.1) is 0 Å². The number of nitrogens with zero attached hydrogens (tertiary/aromatic N) is 1. The summed E-state index contributed by atoms with van der Waals surface area (Å²) in [5.41, 5.74) is -0.484. The second kappa shape index (κ2) is 4.94. The quantitative estimate of drug-likeness (QED) is 0.798. The molecule has 2 N–H and O–H groups in total. The molecular formula is C11H16N2O3. The lowest BCUT2D eigenvalue weighted by Gasteiger charge is -2.25. The number of amides is 1. The standard InChI is InChI=1S/C11H16N2O3/c1-11(2,7-16-3)13-10(15)9-8(14)5-4-6-12-9/h4-6,14H,7H2,1-3H3,(H,13,15). The van der Waals surface area contributed by atoms with E-state index in [2.05, 4.69) is 10.3 Å². The van der Waals surface area contributed by atoms with E-state index >= 15 is 0 Å². The minimum absolute atomic E-state index is 0.0201. The van der Waals surface area contributed by atoms with Gasteiger partial charge in [0.2, 0.25) is 0 Å². The second-order valence-electron chi connectivity index (χ2n) is 4.14. The van der Waals surface area contributed by atoms with E-state index in [0.717, 1.165) is 0 Å². The predicted octanol–water partition coefficient (Wildman–Crippen LogP) is 0.942. The van der Waals surface area contributed by atoms with Gasteiger partial charge < -0.3 is 15.2 Å². The lowest BCUT2D eigenvalue weighted by molar-refractivity contribution is 0.0812. The van der Waals surface area contributed by atoms with Crippen LogP contribution in [0.15, 0.2) is 18.3 Å². The number of nitrogens with one attached hydrogen (secondary N) is 1. The van der Waals surface area contributed by atoms with Crippen LogP contribution < -0.4 is 5.32 Å². The Morgan fingerprint density at radius 2 is 2.31 bits per heavy atom. The Morgan fingerprint density at radius 1 is 1.62 bits per heavy atom. The number of carbonyl (C=O) groups is 1. The van der Waals surface area contributed by atoms with Crippen LogP contribution in [-0.2, 0) is 4.74 Å². The molecule has 1 amide bonds. The van der Waals surface area contributed by atoms with E-state index in [1.165, 1.54) is 12.3 Å². The highest BCUT2D eigenvalue weighted by atomic mass is 16.5. The van der Waals surface area contributed by atoms with E-state index in [9.17, 15) is 9.90 Å². The molecule has 88 valence electrons. The summed E-state index contributed by atoms with van der Waals surface area (Å²) in [6.07, 6.45) is 1.46. The molecule has 1 aromatic heterocycles. The number of pyridine rings is 1. The van der Waals surface area contributed by atoms with Crippen LogP contribution in [-0.4, -0.2) is 35.3 Å². The van der Waals surface area contributed by atoms with Crippen LogP contribution in [0.4, 0.5) is 0 Å². The molecule has 5 heteroatoms. The second-order valence-corrected chi connectivity index (χ2v) is 4.14. The number of hydrogen-bond acceptors (Lipinski definition) is 4. The van der Waals surface area contributed by atoms with Crippen molar-refractivity contribution in [3.63, 3.8) is 0 Å². The minimum atomic E-state index is -0.504. The van der Waals surface area contributed by atoms with Gasteiger partial charge >= 0.3 is 0 Å². The Balaban J connectivity index is 2.77. The first kappa shape index (κ1) is 12.4. The number of aromatic nitrogens is 1. The molecule has 0 aliphatic carbocycles. The van der Waals surface area contributed by atoms with Crippen LogP contribution in [0.3, 0.4) is 0 Å². The smallest absolute Gasteiger partial charge is 0.274 e. The Kier molecular flexibility index (Phi) is 3.84. The number of ether oxygens (including phenoxy) is 1. The van der Waals surface area contributed by atoms with Gasteiger partial charge in [0.15, 0.2) is 5.69 Å². The highest BCUT2D eigenvalue weighted by Crippen LogP contribution is 2.13. The number of methoxy groups -OCH3 is 1. The molecule has 0 atom stereocenters. The van der Waals surface area contributed by atoms with Crippen LogP contribution in [0.1, 0.15) is 24.3 Å². The van der Waals surface area contributed by atoms with E-state index < -0.39 is 11.4 Å². The molecule has 0 spiro atoms. The summed E-state index contributed by atoms with van der Waals surface area (Å²) in [5.74, 6) is -0.548. The van der Waals surface area contributed by atoms with E-state index in [0.29, 0.717) is 6.61 Å². The Hall–Kier alpha value is -1.62. The first-order valence-electron chi connectivity index (χ1n) is 4.92. The van der Waals surface area contributed by atoms with Gasteiger partial charge in [-0.2, -0.15) is 0 Å². The minimum Gasteiger partial charge on any atom is -0.505 e. The van der Waals surface area contributed by atoms with Crippen LogP contribution in [0.2, 0.25) is 0 Å². The molecule has 1 aromatic rings. The van der Waals surface area contributed by atoms with Crippen molar-refractivity contribution < 1.29 is 14.6 Å². The lowest BCUT2D eigenvalue weighted by Crippen LogP contribution is -2.47. The van der Waals surface area contributed by atoms with Gasteiger partial charge in [0.25, 0.3) is 5.91 Å². The van der Waals surface area contributed by atoms with Crippen LogP contribution in [0.5, 0.6) is 5.75 Å². The summed E-state index contributed by atoms with van der Waals surface area (Å²) in [4.78, 5) is 15.6. The fraction of sp³-hybridized carbons (Fsp3) is 0.455. The van der Waals surface area contributed by atoms with Crippen molar-refractivity contribution in [2.75, 3.05) is 13.7 Å². The summed E-state index contributed by atoms with van der Waals surface area (Å²) in [5, 5.41) is 12.2. The SMILES string of the molecule is COCC(C)(C)NC(=O)c1ncccc1O. The van der Waals surface area contributed by atoms with Crippen molar-refractivity contribution in [3.8, 4) is 5.75 Å². The van der Waals surface area contributed by atoms with Gasteiger partial charge in [-0.25, -0.2) is 4.98 Å². The molecule has 0 unspecified atom stereocenters. The maximum Gasteiger partial charge on any atom is 0.274 e. The van der Waals surface area contributed by atoms with Gasteiger partial charge in [-0.1, -0.05) is 0 Å². The molecule has 0 aromatic carbocycles. The Bertz CT molecular complexity index is 377. The van der Waals surface area contributed by atoms with Crippen molar-refractivity contribution >= 4 is 5.91 Å². The molecule has 0 radical (unpaired) electrons. The molecular weight excluding hydrogens is 208 g/mol. The van der Waals surface area contributed by atoms with Crippen LogP contribution >= 0.6 is 0 Å². The zero-order valence-electron chi connectivity index (χ0n) is 9.65. The summed E-state index contributed by atoms with van der Waals surface area (Å²) >= 11 is 0. The highest BCUT2D eigenvalue weighted by molar-refractivity contribution is 5.95. The molecule has 5 nitrogen and oxygen atoms in total. The first-order valence-corrected chi connectivity index (χ1v) is 4.92.